The molecule has 8 heteroatoms. The maximum absolute atomic E-state index is 13.0. The van der Waals surface area contributed by atoms with Crippen LogP contribution in [0.4, 0.5) is 11.4 Å². The van der Waals surface area contributed by atoms with Gasteiger partial charge in [0, 0.05) is 25.2 Å². The van der Waals surface area contributed by atoms with Crippen LogP contribution in [0.15, 0.2) is 47.4 Å². The predicted octanol–water partition coefficient (Wildman–Crippen LogP) is 3.17. The molecule has 3 rings (SSSR count). The lowest BCUT2D eigenvalue weighted by Gasteiger charge is -2.17. The summed E-state index contributed by atoms with van der Waals surface area (Å²) in [5.74, 6) is -0.0307. The van der Waals surface area contributed by atoms with Crippen LogP contribution in [0.5, 0.6) is 0 Å². The van der Waals surface area contributed by atoms with Crippen LogP contribution >= 0.6 is 0 Å². The quantitative estimate of drug-likeness (QED) is 0.707. The first-order chi connectivity index (χ1) is 14.2. The van der Waals surface area contributed by atoms with Crippen molar-refractivity contribution in [3.8, 4) is 0 Å². The molecule has 0 aromatic heterocycles. The average molecular weight is 430 g/mol. The number of fused-ring (bicyclic) bond motifs is 1. The summed E-state index contributed by atoms with van der Waals surface area (Å²) in [6, 6.07) is 11.3. The van der Waals surface area contributed by atoms with E-state index in [0.717, 1.165) is 11.3 Å². The second kappa shape index (κ2) is 8.87. The molecule has 0 unspecified atom stereocenters. The molecule has 0 saturated heterocycles. The number of para-hydroxylation sites is 1. The lowest BCUT2D eigenvalue weighted by Crippen LogP contribution is -2.28. The molecule has 1 aliphatic rings. The van der Waals surface area contributed by atoms with E-state index in [1.54, 1.807) is 48.2 Å². The molecular weight excluding hydrogens is 402 g/mol. The van der Waals surface area contributed by atoms with E-state index in [-0.39, 0.29) is 33.9 Å². The minimum absolute atomic E-state index is 0.0174. The number of rotatable bonds is 7. The van der Waals surface area contributed by atoms with Crippen LogP contribution < -0.4 is 14.9 Å². The maximum atomic E-state index is 13.0. The minimum Gasteiger partial charge on any atom is -0.352 e. The van der Waals surface area contributed by atoms with Crippen LogP contribution in [-0.2, 0) is 21.2 Å². The standard InChI is InChI=1S/C22H27N3O4S/c1-4-21(26)25-12-11-16-13-17(9-10-20(16)25)30(28,29)24-19-8-6-5-7-18(19)22(27)23-14-15(2)3/h5-10,13,15,24H,4,11-12,14H2,1-3H3,(H,23,27). The van der Waals surface area contributed by atoms with Crippen molar-refractivity contribution in [1.29, 1.82) is 0 Å². The zero-order valence-corrected chi connectivity index (χ0v) is 18.3. The molecule has 0 fully saturated rings. The number of carbonyl (C=O) groups excluding carboxylic acids is 2. The van der Waals surface area contributed by atoms with Gasteiger partial charge in [-0.25, -0.2) is 8.42 Å². The van der Waals surface area contributed by atoms with Crippen LogP contribution in [0.25, 0.3) is 0 Å². The van der Waals surface area contributed by atoms with E-state index in [2.05, 4.69) is 10.0 Å². The summed E-state index contributed by atoms with van der Waals surface area (Å²) in [5, 5.41) is 2.81. The monoisotopic (exact) mass is 429 g/mol. The summed E-state index contributed by atoms with van der Waals surface area (Å²) in [5.41, 5.74) is 2.07. The molecule has 2 aromatic rings. The van der Waals surface area contributed by atoms with Crippen molar-refractivity contribution in [1.82, 2.24) is 5.32 Å². The van der Waals surface area contributed by atoms with E-state index in [1.807, 2.05) is 13.8 Å². The molecule has 0 bridgehead atoms. The zero-order chi connectivity index (χ0) is 21.9. The highest BCUT2D eigenvalue weighted by atomic mass is 32.2. The molecule has 0 atom stereocenters. The first-order valence-electron chi connectivity index (χ1n) is 10.1. The smallest absolute Gasteiger partial charge is 0.261 e. The normalized spacial score (nSPS) is 13.3. The third-order valence-corrected chi connectivity index (χ3v) is 6.31. The Morgan fingerprint density at radius 1 is 1.13 bits per heavy atom. The first-order valence-corrected chi connectivity index (χ1v) is 11.5. The van der Waals surface area contributed by atoms with Gasteiger partial charge >= 0.3 is 0 Å². The first kappa shape index (κ1) is 21.8. The van der Waals surface area contributed by atoms with Crippen LogP contribution in [0.3, 0.4) is 0 Å². The molecule has 30 heavy (non-hydrogen) atoms. The largest absolute Gasteiger partial charge is 0.352 e. The number of carbonyl (C=O) groups is 2. The number of sulfonamides is 1. The Morgan fingerprint density at radius 2 is 1.87 bits per heavy atom. The Morgan fingerprint density at radius 3 is 2.57 bits per heavy atom. The highest BCUT2D eigenvalue weighted by Crippen LogP contribution is 2.31. The third kappa shape index (κ3) is 4.64. The maximum Gasteiger partial charge on any atom is 0.261 e. The van der Waals surface area contributed by atoms with Crippen molar-refractivity contribution in [2.45, 2.75) is 38.5 Å². The molecule has 0 radical (unpaired) electrons. The van der Waals surface area contributed by atoms with Gasteiger partial charge in [-0.15, -0.1) is 0 Å². The number of nitrogens with one attached hydrogen (secondary N) is 2. The van der Waals surface area contributed by atoms with Crippen LogP contribution in [0.1, 0.15) is 43.1 Å². The molecule has 2 N–H and O–H groups in total. The fourth-order valence-electron chi connectivity index (χ4n) is 3.36. The molecule has 0 saturated carbocycles. The number of hydrogen-bond acceptors (Lipinski definition) is 4. The van der Waals surface area contributed by atoms with Gasteiger partial charge in [-0.2, -0.15) is 0 Å². The van der Waals surface area contributed by atoms with Gasteiger partial charge in [-0.1, -0.05) is 32.9 Å². The Bertz CT molecular complexity index is 1060. The van der Waals surface area contributed by atoms with Gasteiger partial charge in [0.1, 0.15) is 0 Å². The van der Waals surface area contributed by atoms with E-state index >= 15 is 0 Å². The molecule has 0 aliphatic carbocycles. The van der Waals surface area contributed by atoms with E-state index in [1.165, 1.54) is 6.07 Å². The molecule has 1 aliphatic heterocycles. The number of anilines is 2. The summed E-state index contributed by atoms with van der Waals surface area (Å²) >= 11 is 0. The molecule has 2 aromatic carbocycles. The van der Waals surface area contributed by atoms with Gasteiger partial charge < -0.3 is 10.2 Å². The Hall–Kier alpha value is -2.87. The van der Waals surface area contributed by atoms with Crippen molar-refractivity contribution >= 4 is 33.2 Å². The fraction of sp³-hybridized carbons (Fsp3) is 0.364. The summed E-state index contributed by atoms with van der Waals surface area (Å²) in [6.45, 7) is 6.82. The van der Waals surface area contributed by atoms with E-state index in [0.29, 0.717) is 25.9 Å². The van der Waals surface area contributed by atoms with Gasteiger partial charge in [0.2, 0.25) is 5.91 Å². The summed E-state index contributed by atoms with van der Waals surface area (Å²) in [6.07, 6.45) is 1.01. The molecule has 0 spiro atoms. The third-order valence-electron chi connectivity index (χ3n) is 4.95. The van der Waals surface area contributed by atoms with Crippen LogP contribution in [0, 0.1) is 5.92 Å². The van der Waals surface area contributed by atoms with Gasteiger partial charge in [-0.3, -0.25) is 14.3 Å². The molecule has 7 nitrogen and oxygen atoms in total. The molecular formula is C22H27N3O4S. The summed E-state index contributed by atoms with van der Waals surface area (Å²) in [7, 11) is -3.90. The number of nitrogens with zero attached hydrogens (tertiary/aromatic N) is 1. The molecule has 160 valence electrons. The zero-order valence-electron chi connectivity index (χ0n) is 17.4. The molecule has 1 heterocycles. The van der Waals surface area contributed by atoms with Crippen molar-refractivity contribution in [3.63, 3.8) is 0 Å². The van der Waals surface area contributed by atoms with Gasteiger partial charge in [0.15, 0.2) is 0 Å². The Labute approximate surface area is 177 Å². The van der Waals surface area contributed by atoms with Gasteiger partial charge in [-0.05, 0) is 48.2 Å². The van der Waals surface area contributed by atoms with Crippen molar-refractivity contribution in [2.75, 3.05) is 22.7 Å². The van der Waals surface area contributed by atoms with E-state index < -0.39 is 10.0 Å². The van der Waals surface area contributed by atoms with Crippen molar-refractivity contribution < 1.29 is 18.0 Å². The van der Waals surface area contributed by atoms with Crippen molar-refractivity contribution in [3.05, 3.63) is 53.6 Å². The van der Waals surface area contributed by atoms with Crippen LogP contribution in [-0.4, -0.2) is 33.3 Å². The molecule has 2 amide bonds. The van der Waals surface area contributed by atoms with Crippen molar-refractivity contribution in [2.24, 2.45) is 5.92 Å². The highest BCUT2D eigenvalue weighted by Gasteiger charge is 2.26. The van der Waals surface area contributed by atoms with E-state index in [4.69, 9.17) is 0 Å². The Balaban J connectivity index is 1.85. The average Bonchev–Trinajstić information content (AvgIpc) is 3.15. The van der Waals surface area contributed by atoms with Crippen LogP contribution in [0.2, 0.25) is 0 Å². The second-order valence-electron chi connectivity index (χ2n) is 7.69. The number of amides is 2. The second-order valence-corrected chi connectivity index (χ2v) is 9.38. The Kier molecular flexibility index (Phi) is 6.45. The highest BCUT2D eigenvalue weighted by molar-refractivity contribution is 7.92. The minimum atomic E-state index is -3.90. The lowest BCUT2D eigenvalue weighted by molar-refractivity contribution is -0.118. The summed E-state index contributed by atoms with van der Waals surface area (Å²) in [4.78, 5) is 26.3. The number of benzene rings is 2. The lowest BCUT2D eigenvalue weighted by atomic mass is 10.1. The topological polar surface area (TPSA) is 95.6 Å². The summed E-state index contributed by atoms with van der Waals surface area (Å²) < 4.78 is 28.5. The van der Waals surface area contributed by atoms with Gasteiger partial charge in [0.05, 0.1) is 16.1 Å². The van der Waals surface area contributed by atoms with E-state index in [9.17, 15) is 18.0 Å². The van der Waals surface area contributed by atoms with Gasteiger partial charge in [0.25, 0.3) is 15.9 Å². The predicted molar refractivity (Wildman–Crippen MR) is 117 cm³/mol. The SMILES string of the molecule is CCC(=O)N1CCc2cc(S(=O)(=O)Nc3ccccc3C(=O)NCC(C)C)ccc21. The fourth-order valence-corrected chi connectivity index (χ4v) is 4.49. The number of hydrogen-bond donors (Lipinski definition) is 2.